The molecule has 0 saturated carbocycles. The summed E-state index contributed by atoms with van der Waals surface area (Å²) in [6.45, 7) is 4.05. The molecule has 1 aromatic carbocycles. The highest BCUT2D eigenvalue weighted by atomic mass is 35.5. The van der Waals surface area contributed by atoms with Gasteiger partial charge in [-0.25, -0.2) is 9.97 Å². The van der Waals surface area contributed by atoms with E-state index in [1.165, 1.54) is 0 Å². The number of nitrogens with zero attached hydrogens (tertiary/aromatic N) is 5. The van der Waals surface area contributed by atoms with Gasteiger partial charge in [0.05, 0.1) is 16.1 Å². The molecule has 2 aromatic heterocycles. The molecule has 1 aliphatic rings. The zero-order valence-corrected chi connectivity index (χ0v) is 14.7. The van der Waals surface area contributed by atoms with E-state index in [2.05, 4.69) is 38.5 Å². The summed E-state index contributed by atoms with van der Waals surface area (Å²) in [7, 11) is 4.18. The average Bonchev–Trinajstić information content (AvgIpc) is 2.93. The number of pyridine rings is 1. The van der Waals surface area contributed by atoms with Crippen LogP contribution in [0.1, 0.15) is 0 Å². The monoisotopic (exact) mass is 341 g/mol. The number of hydrogen-bond donors (Lipinski definition) is 0. The average molecular weight is 342 g/mol. The summed E-state index contributed by atoms with van der Waals surface area (Å²) in [5, 5.41) is 0.631. The second-order valence-corrected chi connectivity index (χ2v) is 6.70. The van der Waals surface area contributed by atoms with Crippen LogP contribution in [0.2, 0.25) is 5.02 Å². The van der Waals surface area contributed by atoms with Crippen LogP contribution < -0.4 is 4.90 Å². The lowest BCUT2D eigenvalue weighted by molar-refractivity contribution is 0.312. The van der Waals surface area contributed by atoms with Gasteiger partial charge in [0.25, 0.3) is 0 Å². The molecule has 1 aliphatic heterocycles. The molecule has 0 spiro atoms. The Morgan fingerprint density at radius 1 is 1.04 bits per heavy atom. The minimum atomic E-state index is 0.631. The molecule has 5 nitrogen and oxygen atoms in total. The van der Waals surface area contributed by atoms with Gasteiger partial charge in [-0.15, -0.1) is 0 Å². The molecule has 0 amide bonds. The van der Waals surface area contributed by atoms with Crippen LogP contribution in [-0.2, 0) is 7.05 Å². The molecule has 0 bridgehead atoms. The SMILES string of the molecule is CN1CCN(c2cc(-c3nc4ccccc4n3C)c(Cl)cn2)CC1. The number of imidazole rings is 1. The fraction of sp³-hybridized carbons (Fsp3) is 0.333. The Morgan fingerprint density at radius 2 is 1.79 bits per heavy atom. The molecule has 124 valence electrons. The molecule has 1 saturated heterocycles. The van der Waals surface area contributed by atoms with Crippen molar-refractivity contribution in [3.8, 4) is 11.4 Å². The Balaban J connectivity index is 1.77. The van der Waals surface area contributed by atoms with Crippen molar-refractivity contribution < 1.29 is 0 Å². The van der Waals surface area contributed by atoms with Gasteiger partial charge >= 0.3 is 0 Å². The summed E-state index contributed by atoms with van der Waals surface area (Å²) < 4.78 is 2.09. The minimum Gasteiger partial charge on any atom is -0.354 e. The maximum absolute atomic E-state index is 6.45. The van der Waals surface area contributed by atoms with Crippen molar-refractivity contribution in [2.75, 3.05) is 38.1 Å². The van der Waals surface area contributed by atoms with Gasteiger partial charge in [0, 0.05) is 45.0 Å². The number of rotatable bonds is 2. The van der Waals surface area contributed by atoms with E-state index in [0.29, 0.717) is 5.02 Å². The molecule has 0 radical (unpaired) electrons. The normalized spacial score (nSPS) is 16.0. The van der Waals surface area contributed by atoms with Gasteiger partial charge in [0.15, 0.2) is 0 Å². The number of aromatic nitrogens is 3. The number of piperazine rings is 1. The lowest BCUT2D eigenvalue weighted by atomic mass is 10.2. The number of fused-ring (bicyclic) bond motifs is 1. The van der Waals surface area contributed by atoms with Gasteiger partial charge in [-0.2, -0.15) is 0 Å². The standard InChI is InChI=1S/C18H20ClN5/c1-22-7-9-24(10-8-22)17-11-13(14(19)12-20-17)18-21-15-5-3-4-6-16(15)23(18)2/h3-6,11-12H,7-10H2,1-2H3. The molecule has 24 heavy (non-hydrogen) atoms. The maximum Gasteiger partial charge on any atom is 0.142 e. The van der Waals surface area contributed by atoms with Crippen LogP contribution >= 0.6 is 11.6 Å². The zero-order valence-electron chi connectivity index (χ0n) is 13.9. The number of hydrogen-bond acceptors (Lipinski definition) is 4. The first-order valence-electron chi connectivity index (χ1n) is 8.14. The maximum atomic E-state index is 6.45. The number of halogens is 1. The van der Waals surface area contributed by atoms with Gasteiger partial charge in [0.1, 0.15) is 11.6 Å². The van der Waals surface area contributed by atoms with Crippen molar-refractivity contribution in [2.24, 2.45) is 7.05 Å². The largest absolute Gasteiger partial charge is 0.354 e. The van der Waals surface area contributed by atoms with Crippen LogP contribution in [0.3, 0.4) is 0 Å². The third-order valence-corrected chi connectivity index (χ3v) is 5.00. The molecule has 0 atom stereocenters. The lowest BCUT2D eigenvalue weighted by Gasteiger charge is -2.33. The Labute approximate surface area is 146 Å². The van der Waals surface area contributed by atoms with E-state index in [1.807, 2.05) is 25.2 Å². The molecule has 1 fully saturated rings. The van der Waals surface area contributed by atoms with Crippen molar-refractivity contribution in [3.05, 3.63) is 41.6 Å². The molecule has 3 heterocycles. The van der Waals surface area contributed by atoms with Gasteiger partial charge in [0.2, 0.25) is 0 Å². The predicted octanol–water partition coefficient (Wildman–Crippen LogP) is 3.04. The summed E-state index contributed by atoms with van der Waals surface area (Å²) >= 11 is 6.45. The van der Waals surface area contributed by atoms with Crippen LogP contribution in [0.5, 0.6) is 0 Å². The second-order valence-electron chi connectivity index (χ2n) is 6.30. The summed E-state index contributed by atoms with van der Waals surface area (Å²) in [6.07, 6.45) is 1.74. The van der Waals surface area contributed by atoms with Crippen molar-refractivity contribution in [1.29, 1.82) is 0 Å². The smallest absolute Gasteiger partial charge is 0.142 e. The van der Waals surface area contributed by atoms with E-state index in [4.69, 9.17) is 16.6 Å². The van der Waals surface area contributed by atoms with Gasteiger partial charge in [-0.1, -0.05) is 23.7 Å². The van der Waals surface area contributed by atoms with Crippen LogP contribution in [-0.4, -0.2) is 52.7 Å². The van der Waals surface area contributed by atoms with E-state index in [-0.39, 0.29) is 0 Å². The highest BCUT2D eigenvalue weighted by molar-refractivity contribution is 6.33. The first-order chi connectivity index (χ1) is 11.6. The fourth-order valence-corrected chi connectivity index (χ4v) is 3.38. The van der Waals surface area contributed by atoms with Crippen molar-refractivity contribution in [3.63, 3.8) is 0 Å². The second kappa shape index (κ2) is 6.07. The number of para-hydroxylation sites is 2. The fourth-order valence-electron chi connectivity index (χ4n) is 3.19. The van der Waals surface area contributed by atoms with Crippen LogP contribution in [0.4, 0.5) is 5.82 Å². The van der Waals surface area contributed by atoms with E-state index in [9.17, 15) is 0 Å². The molecular weight excluding hydrogens is 322 g/mol. The Bertz CT molecular complexity index is 880. The van der Waals surface area contributed by atoms with E-state index >= 15 is 0 Å². The predicted molar refractivity (Wildman–Crippen MR) is 98.7 cm³/mol. The van der Waals surface area contributed by atoms with Crippen LogP contribution in [0, 0.1) is 0 Å². The topological polar surface area (TPSA) is 37.2 Å². The van der Waals surface area contributed by atoms with Gasteiger partial charge in [-0.05, 0) is 25.2 Å². The molecule has 0 N–H and O–H groups in total. The lowest BCUT2D eigenvalue weighted by Crippen LogP contribution is -2.44. The Morgan fingerprint density at radius 3 is 2.54 bits per heavy atom. The first kappa shape index (κ1) is 15.4. The van der Waals surface area contributed by atoms with Crippen LogP contribution in [0.25, 0.3) is 22.4 Å². The van der Waals surface area contributed by atoms with Crippen molar-refractivity contribution in [1.82, 2.24) is 19.4 Å². The number of anilines is 1. The highest BCUT2D eigenvalue weighted by Gasteiger charge is 2.19. The van der Waals surface area contributed by atoms with Gasteiger partial charge in [-0.3, -0.25) is 0 Å². The minimum absolute atomic E-state index is 0.631. The number of aryl methyl sites for hydroxylation is 1. The summed E-state index contributed by atoms with van der Waals surface area (Å²) in [6, 6.07) is 10.2. The number of benzene rings is 1. The summed E-state index contributed by atoms with van der Waals surface area (Å²) in [5.74, 6) is 1.84. The van der Waals surface area contributed by atoms with E-state index in [1.54, 1.807) is 6.20 Å². The first-order valence-corrected chi connectivity index (χ1v) is 8.52. The zero-order chi connectivity index (χ0) is 16.7. The highest BCUT2D eigenvalue weighted by Crippen LogP contribution is 2.31. The molecule has 4 rings (SSSR count). The molecule has 0 unspecified atom stereocenters. The molecular formula is C18H20ClN5. The third kappa shape index (κ3) is 2.64. The van der Waals surface area contributed by atoms with Gasteiger partial charge < -0.3 is 14.4 Å². The van der Waals surface area contributed by atoms with Crippen molar-refractivity contribution in [2.45, 2.75) is 0 Å². The summed E-state index contributed by atoms with van der Waals surface area (Å²) in [4.78, 5) is 13.9. The van der Waals surface area contributed by atoms with Crippen molar-refractivity contribution >= 4 is 28.5 Å². The Kier molecular flexibility index (Phi) is 3.90. The molecule has 0 aliphatic carbocycles. The Hall–Kier alpha value is -2.11. The number of likely N-dealkylation sites (N-methyl/N-ethyl adjacent to an activating group) is 1. The molecule has 6 heteroatoms. The quantitative estimate of drug-likeness (QED) is 0.718. The van der Waals surface area contributed by atoms with Crippen LogP contribution in [0.15, 0.2) is 36.5 Å². The van der Waals surface area contributed by atoms with E-state index in [0.717, 1.165) is 54.4 Å². The van der Waals surface area contributed by atoms with E-state index < -0.39 is 0 Å². The molecule has 3 aromatic rings. The third-order valence-electron chi connectivity index (χ3n) is 4.70. The summed E-state index contributed by atoms with van der Waals surface area (Å²) in [5.41, 5.74) is 3.00.